The molecule has 1 aliphatic heterocycles. The third kappa shape index (κ3) is 5.81. The van der Waals surface area contributed by atoms with Crippen LogP contribution in [0.5, 0.6) is 0 Å². The summed E-state index contributed by atoms with van der Waals surface area (Å²) in [5, 5.41) is 4.84. The van der Waals surface area contributed by atoms with Gasteiger partial charge in [0.1, 0.15) is 0 Å². The van der Waals surface area contributed by atoms with Crippen molar-refractivity contribution in [3.8, 4) is 0 Å². The zero-order chi connectivity index (χ0) is 19.1. The lowest BCUT2D eigenvalue weighted by Gasteiger charge is -2.36. The molecular formula is C21H25ClN4O. The maximum atomic E-state index is 12.1. The Hall–Kier alpha value is -2.37. The highest BCUT2D eigenvalue weighted by atomic mass is 35.5. The van der Waals surface area contributed by atoms with E-state index in [-0.39, 0.29) is 5.91 Å². The van der Waals surface area contributed by atoms with Crippen LogP contribution in [0.3, 0.4) is 0 Å². The molecule has 0 radical (unpaired) electrons. The molecule has 1 N–H and O–H groups in total. The van der Waals surface area contributed by atoms with Crippen molar-refractivity contribution < 1.29 is 4.79 Å². The molecule has 1 amide bonds. The zero-order valence-electron chi connectivity index (χ0n) is 15.6. The number of hydrogen-bond donors (Lipinski definition) is 1. The molecule has 142 valence electrons. The Bertz CT molecular complexity index is 786. The number of nitrogens with one attached hydrogen (secondary N) is 1. The number of halogens is 1. The second-order valence-electron chi connectivity index (χ2n) is 6.66. The number of rotatable bonds is 6. The smallest absolute Gasteiger partial charge is 0.241 e. The van der Waals surface area contributed by atoms with E-state index in [4.69, 9.17) is 11.6 Å². The number of para-hydroxylation sites is 1. The van der Waals surface area contributed by atoms with Gasteiger partial charge in [0.2, 0.25) is 5.91 Å². The maximum Gasteiger partial charge on any atom is 0.241 e. The number of carbonyl (C=O) groups excluding carboxylic acids is 1. The monoisotopic (exact) mass is 384 g/mol. The number of carbonyl (C=O) groups is 1. The summed E-state index contributed by atoms with van der Waals surface area (Å²) in [5.41, 5.74) is 5.55. The van der Waals surface area contributed by atoms with E-state index < -0.39 is 0 Å². The summed E-state index contributed by atoms with van der Waals surface area (Å²) >= 11 is 5.99. The molecular weight excluding hydrogens is 360 g/mol. The van der Waals surface area contributed by atoms with Crippen LogP contribution in [-0.2, 0) is 4.79 Å². The highest BCUT2D eigenvalue weighted by molar-refractivity contribution is 6.31. The van der Waals surface area contributed by atoms with Crippen LogP contribution in [-0.4, -0.2) is 49.2 Å². The Balaban J connectivity index is 1.40. The van der Waals surface area contributed by atoms with E-state index >= 15 is 0 Å². The first-order chi connectivity index (χ1) is 13.1. The van der Waals surface area contributed by atoms with E-state index in [1.807, 2.05) is 37.3 Å². The topological polar surface area (TPSA) is 47.9 Å². The molecule has 2 aromatic rings. The largest absolute Gasteiger partial charge is 0.369 e. The number of hydrogen-bond acceptors (Lipinski definition) is 4. The molecule has 0 aliphatic carbocycles. The van der Waals surface area contributed by atoms with E-state index in [0.29, 0.717) is 11.4 Å². The van der Waals surface area contributed by atoms with E-state index in [0.717, 1.165) is 44.0 Å². The molecule has 0 saturated carbocycles. The van der Waals surface area contributed by atoms with Crippen LogP contribution in [0.25, 0.3) is 0 Å². The Morgan fingerprint density at radius 1 is 1.07 bits per heavy atom. The van der Waals surface area contributed by atoms with E-state index in [2.05, 4.69) is 44.6 Å². The molecule has 0 spiro atoms. The number of anilines is 1. The van der Waals surface area contributed by atoms with Crippen molar-refractivity contribution >= 4 is 28.9 Å². The molecule has 0 bridgehead atoms. The second kappa shape index (κ2) is 9.53. The van der Waals surface area contributed by atoms with Gasteiger partial charge < -0.3 is 4.90 Å². The van der Waals surface area contributed by atoms with Crippen LogP contribution in [0.4, 0.5) is 5.69 Å². The molecule has 5 nitrogen and oxygen atoms in total. The van der Waals surface area contributed by atoms with Gasteiger partial charge >= 0.3 is 0 Å². The Kier molecular flexibility index (Phi) is 6.85. The quantitative estimate of drug-likeness (QED) is 0.613. The van der Waals surface area contributed by atoms with Gasteiger partial charge in [0, 0.05) is 49.9 Å². The lowest BCUT2D eigenvalue weighted by molar-refractivity contribution is -0.121. The summed E-state index contributed by atoms with van der Waals surface area (Å²) in [6, 6.07) is 17.9. The van der Waals surface area contributed by atoms with Crippen molar-refractivity contribution in [2.45, 2.75) is 13.3 Å². The number of benzene rings is 2. The molecule has 2 aromatic carbocycles. The number of hydrazone groups is 1. The van der Waals surface area contributed by atoms with Gasteiger partial charge in [0.05, 0.1) is 5.71 Å². The average molecular weight is 385 g/mol. The molecule has 27 heavy (non-hydrogen) atoms. The van der Waals surface area contributed by atoms with Gasteiger partial charge in [-0.3, -0.25) is 9.69 Å². The minimum atomic E-state index is -0.0677. The van der Waals surface area contributed by atoms with Crippen LogP contribution in [0, 0.1) is 0 Å². The van der Waals surface area contributed by atoms with Crippen molar-refractivity contribution in [1.29, 1.82) is 0 Å². The standard InChI is InChI=1S/C21H25ClN4O/c1-17(18-6-5-7-19(22)16-18)23-24-21(27)10-11-25-12-14-26(15-13-25)20-8-3-2-4-9-20/h2-9,16H,10-15H2,1H3,(H,24,27)/b23-17+. The minimum absolute atomic E-state index is 0.0677. The maximum absolute atomic E-state index is 12.1. The lowest BCUT2D eigenvalue weighted by Crippen LogP contribution is -2.47. The Morgan fingerprint density at radius 3 is 2.52 bits per heavy atom. The summed E-state index contributed by atoms with van der Waals surface area (Å²) in [6.07, 6.45) is 0.442. The molecule has 6 heteroatoms. The molecule has 1 heterocycles. The van der Waals surface area contributed by atoms with Crippen molar-refractivity contribution in [3.63, 3.8) is 0 Å². The minimum Gasteiger partial charge on any atom is -0.369 e. The van der Waals surface area contributed by atoms with Crippen LogP contribution in [0.2, 0.25) is 5.02 Å². The molecule has 1 fully saturated rings. The summed E-state index contributed by atoms with van der Waals surface area (Å²) in [5.74, 6) is -0.0677. The van der Waals surface area contributed by atoms with Crippen molar-refractivity contribution in [1.82, 2.24) is 10.3 Å². The average Bonchev–Trinajstić information content (AvgIpc) is 2.71. The SMILES string of the molecule is C/C(=N\NC(=O)CCN1CCN(c2ccccc2)CC1)c1cccc(Cl)c1. The predicted octanol–water partition coefficient (Wildman–Crippen LogP) is 3.39. The van der Waals surface area contributed by atoms with Crippen molar-refractivity contribution in [3.05, 3.63) is 65.2 Å². The first-order valence-electron chi connectivity index (χ1n) is 9.23. The fourth-order valence-corrected chi connectivity index (χ4v) is 3.30. The van der Waals surface area contributed by atoms with E-state index in [1.165, 1.54) is 5.69 Å². The molecule has 3 rings (SSSR count). The third-order valence-corrected chi connectivity index (χ3v) is 4.97. The van der Waals surface area contributed by atoms with Crippen LogP contribution in [0.1, 0.15) is 18.9 Å². The van der Waals surface area contributed by atoms with Crippen molar-refractivity contribution in [2.24, 2.45) is 5.10 Å². The normalized spacial score (nSPS) is 15.6. The van der Waals surface area contributed by atoms with E-state index in [9.17, 15) is 4.79 Å². The first kappa shape index (κ1) is 19.4. The highest BCUT2D eigenvalue weighted by Crippen LogP contribution is 2.15. The number of piperazine rings is 1. The van der Waals surface area contributed by atoms with Gasteiger partial charge in [0.25, 0.3) is 0 Å². The van der Waals surface area contributed by atoms with Crippen LogP contribution >= 0.6 is 11.6 Å². The third-order valence-electron chi connectivity index (χ3n) is 4.74. The van der Waals surface area contributed by atoms with E-state index in [1.54, 1.807) is 0 Å². The molecule has 1 saturated heterocycles. The number of amides is 1. The zero-order valence-corrected chi connectivity index (χ0v) is 16.3. The summed E-state index contributed by atoms with van der Waals surface area (Å²) in [7, 11) is 0. The number of nitrogens with zero attached hydrogens (tertiary/aromatic N) is 3. The summed E-state index contributed by atoms with van der Waals surface area (Å²) in [6.45, 7) is 6.50. The Morgan fingerprint density at radius 2 is 1.81 bits per heavy atom. The van der Waals surface area contributed by atoms with Crippen molar-refractivity contribution in [2.75, 3.05) is 37.6 Å². The summed E-state index contributed by atoms with van der Waals surface area (Å²) < 4.78 is 0. The van der Waals surface area contributed by atoms with Gasteiger partial charge in [0.15, 0.2) is 0 Å². The molecule has 1 aliphatic rings. The van der Waals surface area contributed by atoms with Crippen LogP contribution < -0.4 is 10.3 Å². The molecule has 0 atom stereocenters. The van der Waals surface area contributed by atoms with Gasteiger partial charge in [-0.05, 0) is 36.8 Å². The highest BCUT2D eigenvalue weighted by Gasteiger charge is 2.17. The van der Waals surface area contributed by atoms with Gasteiger partial charge in [-0.2, -0.15) is 5.10 Å². The van der Waals surface area contributed by atoms with Crippen LogP contribution in [0.15, 0.2) is 59.7 Å². The van der Waals surface area contributed by atoms with Gasteiger partial charge in [-0.1, -0.05) is 41.9 Å². The fraction of sp³-hybridized carbons (Fsp3) is 0.333. The predicted molar refractivity (Wildman–Crippen MR) is 112 cm³/mol. The lowest BCUT2D eigenvalue weighted by atomic mass is 10.1. The molecule has 0 unspecified atom stereocenters. The van der Waals surface area contributed by atoms with Gasteiger partial charge in [-0.25, -0.2) is 5.43 Å². The summed E-state index contributed by atoms with van der Waals surface area (Å²) in [4.78, 5) is 16.8. The Labute approximate surface area is 165 Å². The fourth-order valence-electron chi connectivity index (χ4n) is 3.11. The first-order valence-corrected chi connectivity index (χ1v) is 9.61. The molecule has 0 aromatic heterocycles. The second-order valence-corrected chi connectivity index (χ2v) is 7.09. The van der Waals surface area contributed by atoms with Gasteiger partial charge in [-0.15, -0.1) is 0 Å².